The van der Waals surface area contributed by atoms with Gasteiger partial charge in [-0.05, 0) is 17.7 Å². The lowest BCUT2D eigenvalue weighted by Gasteiger charge is -2.11. The number of carbonyl (C=O) groups is 2. The number of thiocarbonyl (C=S) groups is 1. The largest absolute Gasteiger partial charge is 0.488 e. The van der Waals surface area contributed by atoms with Crippen molar-refractivity contribution in [2.24, 2.45) is 0 Å². The highest BCUT2D eigenvalue weighted by Crippen LogP contribution is 2.34. The third-order valence-electron chi connectivity index (χ3n) is 3.61. The molecule has 1 N–H and O–H groups in total. The van der Waals surface area contributed by atoms with E-state index in [1.54, 1.807) is 6.08 Å². The summed E-state index contributed by atoms with van der Waals surface area (Å²) in [4.78, 5) is 24.7. The number of thioether (sulfide) groups is 1. The van der Waals surface area contributed by atoms with Gasteiger partial charge in [-0.1, -0.05) is 72.5 Å². The Hall–Kier alpha value is -2.64. The topological polar surface area (TPSA) is 66.8 Å². The number of carbonyl (C=O) groups excluding carboxylic acids is 1. The highest BCUT2D eigenvalue weighted by atomic mass is 32.2. The van der Waals surface area contributed by atoms with Gasteiger partial charge in [0.15, 0.2) is 0 Å². The third kappa shape index (κ3) is 4.30. The first-order valence-electron chi connectivity index (χ1n) is 7.77. The number of hydrogen-bond acceptors (Lipinski definition) is 5. The van der Waals surface area contributed by atoms with Crippen LogP contribution in [0, 0.1) is 0 Å². The molecule has 7 heteroatoms. The number of para-hydroxylation sites is 1. The number of aliphatic carboxylic acids is 1. The van der Waals surface area contributed by atoms with Crippen LogP contribution in [0.1, 0.15) is 11.1 Å². The highest BCUT2D eigenvalue weighted by Gasteiger charge is 2.33. The Bertz CT molecular complexity index is 880. The molecule has 0 atom stereocenters. The van der Waals surface area contributed by atoms with Crippen molar-refractivity contribution < 1.29 is 19.4 Å². The van der Waals surface area contributed by atoms with Gasteiger partial charge in [0.1, 0.15) is 23.2 Å². The van der Waals surface area contributed by atoms with Crippen LogP contribution in [0.4, 0.5) is 0 Å². The molecule has 2 aromatic carbocycles. The number of carboxylic acid groups (broad SMARTS) is 1. The van der Waals surface area contributed by atoms with E-state index in [-0.39, 0.29) is 4.32 Å². The van der Waals surface area contributed by atoms with Gasteiger partial charge in [0.25, 0.3) is 5.91 Å². The normalized spacial score (nSPS) is 15.5. The molecule has 132 valence electrons. The summed E-state index contributed by atoms with van der Waals surface area (Å²) in [6.45, 7) is -0.0279. The van der Waals surface area contributed by atoms with Gasteiger partial charge in [-0.25, -0.2) is 0 Å². The van der Waals surface area contributed by atoms with Crippen LogP contribution in [-0.4, -0.2) is 32.7 Å². The molecule has 2 aromatic rings. The summed E-state index contributed by atoms with van der Waals surface area (Å²) in [5.41, 5.74) is 1.77. The van der Waals surface area contributed by atoms with Crippen molar-refractivity contribution in [2.45, 2.75) is 6.61 Å². The minimum atomic E-state index is -1.10. The number of hydrogen-bond donors (Lipinski definition) is 1. The molecule has 0 radical (unpaired) electrons. The molecule has 0 aromatic heterocycles. The fourth-order valence-corrected chi connectivity index (χ4v) is 3.63. The summed E-state index contributed by atoms with van der Waals surface area (Å²) in [5, 5.41) is 8.91. The zero-order chi connectivity index (χ0) is 18.5. The lowest BCUT2D eigenvalue weighted by Crippen LogP contribution is -2.33. The molecular weight excluding hydrogens is 370 g/mol. The Labute approximate surface area is 160 Å². The van der Waals surface area contributed by atoms with Crippen molar-refractivity contribution >= 4 is 46.3 Å². The Morgan fingerprint density at radius 3 is 2.58 bits per heavy atom. The van der Waals surface area contributed by atoms with E-state index in [9.17, 15) is 9.59 Å². The molecule has 1 heterocycles. The summed E-state index contributed by atoms with van der Waals surface area (Å²) in [6, 6.07) is 17.1. The predicted octanol–water partition coefficient (Wildman–Crippen LogP) is 3.55. The van der Waals surface area contributed by atoms with Gasteiger partial charge in [-0.15, -0.1) is 0 Å². The van der Waals surface area contributed by atoms with Gasteiger partial charge in [0, 0.05) is 5.56 Å². The van der Waals surface area contributed by atoms with Gasteiger partial charge < -0.3 is 9.84 Å². The molecule has 3 rings (SSSR count). The zero-order valence-electron chi connectivity index (χ0n) is 13.6. The third-order valence-corrected chi connectivity index (χ3v) is 4.99. The summed E-state index contributed by atoms with van der Waals surface area (Å²) in [6.07, 6.45) is 1.68. The minimum Gasteiger partial charge on any atom is -0.488 e. The molecule has 0 spiro atoms. The van der Waals surface area contributed by atoms with E-state index in [0.717, 1.165) is 27.8 Å². The molecule has 0 aliphatic carbocycles. The monoisotopic (exact) mass is 385 g/mol. The standard InChI is InChI=1S/C19H15NO4S2/c21-17(22)11-20-18(23)16(26-19(20)25)10-14-8-4-5-9-15(14)24-12-13-6-2-1-3-7-13/h1-10H,11-12H2,(H,21,22). The maximum absolute atomic E-state index is 12.4. The van der Waals surface area contributed by atoms with E-state index in [0.29, 0.717) is 17.3 Å². The summed E-state index contributed by atoms with van der Waals surface area (Å²) < 4.78 is 6.12. The second-order valence-electron chi connectivity index (χ2n) is 5.47. The van der Waals surface area contributed by atoms with Crippen LogP contribution in [-0.2, 0) is 16.2 Å². The van der Waals surface area contributed by atoms with E-state index in [4.69, 9.17) is 22.1 Å². The summed E-state index contributed by atoms with van der Waals surface area (Å²) in [5.74, 6) is -0.866. The Kier molecular flexibility index (Phi) is 5.70. The molecule has 1 saturated heterocycles. The van der Waals surface area contributed by atoms with E-state index in [2.05, 4.69) is 0 Å². The number of amides is 1. The van der Waals surface area contributed by atoms with Crippen LogP contribution in [0.5, 0.6) is 5.75 Å². The number of benzene rings is 2. The molecule has 0 saturated carbocycles. The summed E-state index contributed by atoms with van der Waals surface area (Å²) in [7, 11) is 0. The van der Waals surface area contributed by atoms with Gasteiger partial charge in [-0.2, -0.15) is 0 Å². The highest BCUT2D eigenvalue weighted by molar-refractivity contribution is 8.26. The second-order valence-corrected chi connectivity index (χ2v) is 7.15. The number of carboxylic acids is 1. The van der Waals surface area contributed by atoms with Crippen molar-refractivity contribution in [3.63, 3.8) is 0 Å². The van der Waals surface area contributed by atoms with Crippen molar-refractivity contribution in [3.8, 4) is 5.75 Å². The van der Waals surface area contributed by atoms with Crippen LogP contribution < -0.4 is 4.74 Å². The molecule has 1 fully saturated rings. The fourth-order valence-electron chi connectivity index (χ4n) is 2.38. The van der Waals surface area contributed by atoms with Crippen LogP contribution in [0.15, 0.2) is 59.5 Å². The quantitative estimate of drug-likeness (QED) is 0.606. The fraction of sp³-hybridized carbons (Fsp3) is 0.105. The van der Waals surface area contributed by atoms with Gasteiger partial charge in [-0.3, -0.25) is 14.5 Å². The van der Waals surface area contributed by atoms with Crippen LogP contribution >= 0.6 is 24.0 Å². The van der Waals surface area contributed by atoms with E-state index >= 15 is 0 Å². The molecule has 1 amide bonds. The Balaban J connectivity index is 1.79. The Morgan fingerprint density at radius 1 is 1.15 bits per heavy atom. The minimum absolute atomic E-state index is 0.242. The van der Waals surface area contributed by atoms with Gasteiger partial charge in [0.05, 0.1) is 4.91 Å². The van der Waals surface area contributed by atoms with Crippen LogP contribution in [0.25, 0.3) is 6.08 Å². The summed E-state index contributed by atoms with van der Waals surface area (Å²) >= 11 is 6.20. The Morgan fingerprint density at radius 2 is 1.85 bits per heavy atom. The molecule has 5 nitrogen and oxygen atoms in total. The first-order chi connectivity index (χ1) is 12.5. The molecule has 0 unspecified atom stereocenters. The number of ether oxygens (including phenoxy) is 1. The molecule has 1 aliphatic heterocycles. The molecule has 1 aliphatic rings. The van der Waals surface area contributed by atoms with Crippen molar-refractivity contribution in [1.82, 2.24) is 4.90 Å². The first kappa shape index (κ1) is 18.2. The smallest absolute Gasteiger partial charge is 0.323 e. The first-order valence-corrected chi connectivity index (χ1v) is 9.00. The van der Waals surface area contributed by atoms with Gasteiger partial charge in [0.2, 0.25) is 0 Å². The number of rotatable bonds is 6. The van der Waals surface area contributed by atoms with E-state index in [1.807, 2.05) is 54.6 Å². The predicted molar refractivity (Wildman–Crippen MR) is 105 cm³/mol. The van der Waals surface area contributed by atoms with E-state index in [1.165, 1.54) is 0 Å². The van der Waals surface area contributed by atoms with Crippen molar-refractivity contribution in [1.29, 1.82) is 0 Å². The van der Waals surface area contributed by atoms with Crippen LogP contribution in [0.3, 0.4) is 0 Å². The molecule has 26 heavy (non-hydrogen) atoms. The number of nitrogens with zero attached hydrogens (tertiary/aromatic N) is 1. The maximum Gasteiger partial charge on any atom is 0.323 e. The van der Waals surface area contributed by atoms with Crippen LogP contribution in [0.2, 0.25) is 0 Å². The average Bonchev–Trinajstić information content (AvgIpc) is 2.89. The lowest BCUT2D eigenvalue weighted by molar-refractivity contribution is -0.140. The average molecular weight is 385 g/mol. The SMILES string of the molecule is O=C(O)CN1C(=O)C(=Cc2ccccc2OCc2ccccc2)SC1=S. The maximum atomic E-state index is 12.4. The zero-order valence-corrected chi connectivity index (χ0v) is 15.3. The molecule has 0 bridgehead atoms. The van der Waals surface area contributed by atoms with Gasteiger partial charge >= 0.3 is 5.97 Å². The lowest BCUT2D eigenvalue weighted by atomic mass is 10.1. The van der Waals surface area contributed by atoms with Crippen molar-refractivity contribution in [3.05, 3.63) is 70.6 Å². The van der Waals surface area contributed by atoms with E-state index < -0.39 is 18.4 Å². The molecular formula is C19H15NO4S2. The van der Waals surface area contributed by atoms with Crippen molar-refractivity contribution in [2.75, 3.05) is 6.54 Å². The second kappa shape index (κ2) is 8.16.